The minimum absolute atomic E-state index is 0.0953. The number of hydrogen-bond acceptors (Lipinski definition) is 9. The molecule has 1 aliphatic heterocycles. The molecule has 0 radical (unpaired) electrons. The monoisotopic (exact) mass is 566 g/mol. The van der Waals surface area contributed by atoms with Crippen molar-refractivity contribution in [2.24, 2.45) is 0 Å². The van der Waals surface area contributed by atoms with Crippen LogP contribution in [-0.2, 0) is 16.1 Å². The van der Waals surface area contributed by atoms with E-state index in [1.54, 1.807) is 31.2 Å². The number of rotatable bonds is 7. The Morgan fingerprint density at radius 2 is 2.15 bits per heavy atom. The summed E-state index contributed by atoms with van der Waals surface area (Å²) in [5.74, 6) is 7.20. The molecule has 8 nitrogen and oxygen atoms in total. The van der Waals surface area contributed by atoms with Crippen molar-refractivity contribution >= 4 is 50.8 Å². The van der Waals surface area contributed by atoms with E-state index < -0.39 is 6.16 Å². The number of hydrogen-bond donors (Lipinski definition) is 2. The molecule has 0 saturated carbocycles. The molecule has 0 bridgehead atoms. The quantitative estimate of drug-likeness (QED) is 0.206. The molecule has 0 aliphatic carbocycles. The van der Waals surface area contributed by atoms with Gasteiger partial charge in [-0.15, -0.1) is 11.3 Å². The zero-order chi connectivity index (χ0) is 27.2. The summed E-state index contributed by atoms with van der Waals surface area (Å²) in [4.78, 5) is 21.1. The number of nitrogens with one attached hydrogen (secondary N) is 2. The lowest BCUT2D eigenvalue weighted by Gasteiger charge is -2.11. The Balaban J connectivity index is 1.24. The van der Waals surface area contributed by atoms with Crippen LogP contribution in [0.4, 0.5) is 20.7 Å². The van der Waals surface area contributed by atoms with Crippen molar-refractivity contribution in [2.75, 3.05) is 18.5 Å². The van der Waals surface area contributed by atoms with E-state index in [2.05, 4.69) is 32.4 Å². The van der Waals surface area contributed by atoms with E-state index in [0.29, 0.717) is 35.1 Å². The molecular weight excluding hydrogens is 543 g/mol. The van der Waals surface area contributed by atoms with Crippen LogP contribution in [0.2, 0.25) is 5.02 Å². The van der Waals surface area contributed by atoms with Crippen molar-refractivity contribution in [1.29, 1.82) is 0 Å². The molecule has 39 heavy (non-hydrogen) atoms. The summed E-state index contributed by atoms with van der Waals surface area (Å²) in [6.07, 6.45) is 1.15. The maximum Gasteiger partial charge on any atom is 0.508 e. The van der Waals surface area contributed by atoms with Gasteiger partial charge in [-0.25, -0.2) is 19.2 Å². The molecule has 3 heterocycles. The summed E-state index contributed by atoms with van der Waals surface area (Å²) in [6.45, 7) is 2.74. The number of fused-ring (bicyclic) bond motifs is 1. The molecule has 0 amide bonds. The molecule has 11 heteroatoms. The zero-order valence-electron chi connectivity index (χ0n) is 20.9. The number of halogens is 2. The molecule has 4 aromatic rings. The van der Waals surface area contributed by atoms with Gasteiger partial charge in [0, 0.05) is 18.7 Å². The molecular formula is C28H24ClFN4O4S. The average molecular weight is 567 g/mol. The van der Waals surface area contributed by atoms with Gasteiger partial charge in [-0.05, 0) is 48.9 Å². The SMILES string of the molecule is CCOC(=O)OC1CNC(C#Cc2cc3ncnc(Nc4ccc(OCc5cccc(F)c5)c(Cl)c4)c3s2)C1. The number of nitrogens with zero attached hydrogens (tertiary/aromatic N) is 2. The van der Waals surface area contributed by atoms with E-state index in [0.717, 1.165) is 20.8 Å². The third-order valence-corrected chi connectivity index (χ3v) is 7.12. The fraction of sp³-hybridized carbons (Fsp3) is 0.250. The van der Waals surface area contributed by atoms with Gasteiger partial charge in [-0.2, -0.15) is 0 Å². The van der Waals surface area contributed by atoms with Gasteiger partial charge in [-0.3, -0.25) is 5.32 Å². The molecule has 5 rings (SSSR count). The van der Waals surface area contributed by atoms with E-state index >= 15 is 0 Å². The maximum absolute atomic E-state index is 13.4. The highest BCUT2D eigenvalue weighted by molar-refractivity contribution is 7.20. The Morgan fingerprint density at radius 3 is 2.97 bits per heavy atom. The predicted octanol–water partition coefficient (Wildman–Crippen LogP) is 6.06. The van der Waals surface area contributed by atoms with Crippen LogP contribution < -0.4 is 15.4 Å². The van der Waals surface area contributed by atoms with Crippen LogP contribution in [0.3, 0.4) is 0 Å². The molecule has 2 aromatic heterocycles. The van der Waals surface area contributed by atoms with E-state index in [9.17, 15) is 9.18 Å². The molecule has 2 aromatic carbocycles. The van der Waals surface area contributed by atoms with Crippen LogP contribution in [-0.4, -0.2) is 41.4 Å². The van der Waals surface area contributed by atoms with Crippen LogP contribution in [0.15, 0.2) is 54.9 Å². The molecule has 200 valence electrons. The first-order valence-corrected chi connectivity index (χ1v) is 13.4. The number of benzene rings is 2. The Hall–Kier alpha value is -3.91. The Bertz CT molecular complexity index is 1550. The van der Waals surface area contributed by atoms with Gasteiger partial charge in [0.2, 0.25) is 0 Å². The van der Waals surface area contributed by atoms with Gasteiger partial charge in [0.1, 0.15) is 30.6 Å². The highest BCUT2D eigenvalue weighted by atomic mass is 35.5. The zero-order valence-corrected chi connectivity index (χ0v) is 22.4. The van der Waals surface area contributed by atoms with Crippen LogP contribution in [0.5, 0.6) is 5.75 Å². The lowest BCUT2D eigenvalue weighted by Crippen LogP contribution is -2.22. The van der Waals surface area contributed by atoms with E-state index in [4.69, 9.17) is 25.8 Å². The smallest absolute Gasteiger partial charge is 0.487 e. The largest absolute Gasteiger partial charge is 0.508 e. The van der Waals surface area contributed by atoms with Crippen molar-refractivity contribution in [2.45, 2.75) is 32.1 Å². The van der Waals surface area contributed by atoms with Gasteiger partial charge in [0.25, 0.3) is 0 Å². The van der Waals surface area contributed by atoms with E-state index in [-0.39, 0.29) is 31.2 Å². The molecule has 2 N–H and O–H groups in total. The number of anilines is 2. The molecule has 1 fully saturated rings. The van der Waals surface area contributed by atoms with Crippen molar-refractivity contribution in [3.63, 3.8) is 0 Å². The lowest BCUT2D eigenvalue weighted by molar-refractivity contribution is 0.0323. The summed E-state index contributed by atoms with van der Waals surface area (Å²) < 4.78 is 30.1. The first-order valence-electron chi connectivity index (χ1n) is 12.2. The second kappa shape index (κ2) is 12.3. The number of ether oxygens (including phenoxy) is 3. The standard InChI is InChI=1S/C28H24ClFN4O4S/c1-2-36-28(35)38-21-11-19(31-14-21)6-8-22-13-24-26(39-22)27(33-16-32-24)34-20-7-9-25(23(29)12-20)37-15-17-4-3-5-18(30)10-17/h3-5,7,9-10,12-13,16,19,21,31H,2,11,14-15H2,1H3,(H,32,33,34). The second-order valence-corrected chi connectivity index (χ2v) is 10.1. The van der Waals surface area contributed by atoms with Gasteiger partial charge < -0.3 is 19.5 Å². The highest BCUT2D eigenvalue weighted by Crippen LogP contribution is 2.33. The molecule has 2 atom stereocenters. The van der Waals surface area contributed by atoms with Gasteiger partial charge in [0.05, 0.1) is 32.8 Å². The topological polar surface area (TPSA) is 94.6 Å². The van der Waals surface area contributed by atoms with Crippen LogP contribution in [0, 0.1) is 17.7 Å². The van der Waals surface area contributed by atoms with Gasteiger partial charge in [-0.1, -0.05) is 35.6 Å². The molecule has 1 aliphatic rings. The van der Waals surface area contributed by atoms with E-state index in [1.165, 1.54) is 29.8 Å². The summed E-state index contributed by atoms with van der Waals surface area (Å²) in [7, 11) is 0. The fourth-order valence-electron chi connectivity index (χ4n) is 3.97. The molecule has 0 spiro atoms. The van der Waals surface area contributed by atoms with Gasteiger partial charge >= 0.3 is 6.16 Å². The minimum atomic E-state index is -0.659. The lowest BCUT2D eigenvalue weighted by atomic mass is 10.2. The number of thiophene rings is 1. The molecule has 2 unspecified atom stereocenters. The van der Waals surface area contributed by atoms with Crippen molar-refractivity contribution in [3.8, 4) is 17.6 Å². The minimum Gasteiger partial charge on any atom is -0.487 e. The highest BCUT2D eigenvalue weighted by Gasteiger charge is 2.26. The number of aromatic nitrogens is 2. The second-order valence-electron chi connectivity index (χ2n) is 8.62. The van der Waals surface area contributed by atoms with Crippen LogP contribution in [0.1, 0.15) is 23.8 Å². The van der Waals surface area contributed by atoms with E-state index in [1.807, 2.05) is 12.1 Å². The Labute approximate surface area is 233 Å². The van der Waals surface area contributed by atoms with Crippen molar-refractivity contribution in [3.05, 3.63) is 76.1 Å². The third kappa shape index (κ3) is 6.95. The normalized spacial score (nSPS) is 16.4. The predicted molar refractivity (Wildman–Crippen MR) is 148 cm³/mol. The van der Waals surface area contributed by atoms with Crippen molar-refractivity contribution < 1.29 is 23.4 Å². The first-order chi connectivity index (χ1) is 19.0. The van der Waals surface area contributed by atoms with Gasteiger partial charge in [0.15, 0.2) is 5.82 Å². The fourth-order valence-corrected chi connectivity index (χ4v) is 5.13. The van der Waals surface area contributed by atoms with Crippen molar-refractivity contribution in [1.82, 2.24) is 15.3 Å². The first kappa shape index (κ1) is 26.7. The maximum atomic E-state index is 13.4. The third-order valence-electron chi connectivity index (χ3n) is 5.77. The summed E-state index contributed by atoms with van der Waals surface area (Å²) in [6, 6.07) is 13.4. The average Bonchev–Trinajstić information content (AvgIpc) is 3.54. The number of carbonyl (C=O) groups excluding carboxylic acids is 1. The summed E-state index contributed by atoms with van der Waals surface area (Å²) >= 11 is 7.92. The Morgan fingerprint density at radius 1 is 1.26 bits per heavy atom. The van der Waals surface area contributed by atoms with Crippen LogP contribution in [0.25, 0.3) is 10.2 Å². The Kier molecular flexibility index (Phi) is 8.42. The number of carbonyl (C=O) groups is 1. The molecule has 1 saturated heterocycles. The summed E-state index contributed by atoms with van der Waals surface area (Å²) in [5, 5.41) is 6.95. The van der Waals surface area contributed by atoms with Crippen LogP contribution >= 0.6 is 22.9 Å². The summed E-state index contributed by atoms with van der Waals surface area (Å²) in [5.41, 5.74) is 2.20.